The van der Waals surface area contributed by atoms with Crippen molar-refractivity contribution in [3.8, 4) is 23.0 Å². The molecule has 118 valence electrons. The summed E-state index contributed by atoms with van der Waals surface area (Å²) in [5.74, 6) is 6.55. The summed E-state index contributed by atoms with van der Waals surface area (Å²) >= 11 is 0. The minimum atomic E-state index is 0.724. The van der Waals surface area contributed by atoms with Crippen molar-refractivity contribution in [2.75, 3.05) is 6.54 Å². The van der Waals surface area contributed by atoms with Crippen LogP contribution in [0.25, 0.3) is 11.1 Å². The fraction of sp³-hybridized carbons (Fsp3) is 0.130. The Morgan fingerprint density at radius 3 is 2.08 bits per heavy atom. The van der Waals surface area contributed by atoms with E-state index in [0.29, 0.717) is 0 Å². The van der Waals surface area contributed by atoms with Crippen molar-refractivity contribution in [3.63, 3.8) is 0 Å². The van der Waals surface area contributed by atoms with Gasteiger partial charge >= 0.3 is 0 Å². The van der Waals surface area contributed by atoms with Crippen LogP contribution >= 0.6 is 0 Å². The molecule has 0 bridgehead atoms. The quantitative estimate of drug-likeness (QED) is 0.698. The molecule has 0 aliphatic heterocycles. The monoisotopic (exact) mass is 311 g/mol. The average Bonchev–Trinajstić information content (AvgIpc) is 2.66. The predicted molar refractivity (Wildman–Crippen MR) is 102 cm³/mol. The van der Waals surface area contributed by atoms with E-state index in [2.05, 4.69) is 84.6 Å². The molecule has 0 aliphatic rings. The Morgan fingerprint density at radius 1 is 0.667 bits per heavy atom. The zero-order valence-electron chi connectivity index (χ0n) is 13.7. The molecule has 3 rings (SSSR count). The number of rotatable bonds is 4. The first-order valence-electron chi connectivity index (χ1n) is 8.32. The number of aryl methyl sites for hydroxylation is 1. The smallest absolute Gasteiger partial charge is 0.0255 e. The lowest BCUT2D eigenvalue weighted by Gasteiger charge is -2.02. The summed E-state index contributed by atoms with van der Waals surface area (Å²) in [5, 5.41) is 0. The third-order valence-electron chi connectivity index (χ3n) is 3.92. The highest BCUT2D eigenvalue weighted by atomic mass is 14.5. The van der Waals surface area contributed by atoms with Crippen LogP contribution in [0.1, 0.15) is 23.1 Å². The van der Waals surface area contributed by atoms with Crippen molar-refractivity contribution in [2.45, 2.75) is 12.8 Å². The lowest BCUT2D eigenvalue weighted by Crippen LogP contribution is -2.00. The molecule has 0 atom stereocenters. The number of benzene rings is 3. The Bertz CT molecular complexity index is 854. The Kier molecular flexibility index (Phi) is 5.45. The van der Waals surface area contributed by atoms with Crippen molar-refractivity contribution >= 4 is 0 Å². The fourth-order valence-corrected chi connectivity index (χ4v) is 2.66. The van der Waals surface area contributed by atoms with E-state index in [1.54, 1.807) is 0 Å². The Labute approximate surface area is 144 Å². The fourth-order valence-electron chi connectivity index (χ4n) is 2.66. The van der Waals surface area contributed by atoms with Gasteiger partial charge in [0.05, 0.1) is 0 Å². The largest absolute Gasteiger partial charge is 0.330 e. The van der Waals surface area contributed by atoms with E-state index in [4.69, 9.17) is 5.73 Å². The van der Waals surface area contributed by atoms with E-state index in [1.807, 2.05) is 6.07 Å². The summed E-state index contributed by atoms with van der Waals surface area (Å²) in [4.78, 5) is 0. The van der Waals surface area contributed by atoms with Crippen LogP contribution in [0, 0.1) is 11.8 Å². The molecule has 2 N–H and O–H groups in total. The zero-order valence-corrected chi connectivity index (χ0v) is 13.7. The van der Waals surface area contributed by atoms with Crippen LogP contribution in [-0.2, 0) is 6.42 Å². The first-order valence-corrected chi connectivity index (χ1v) is 8.32. The number of hydrogen-bond acceptors (Lipinski definition) is 1. The average molecular weight is 311 g/mol. The van der Waals surface area contributed by atoms with Gasteiger partial charge in [-0.25, -0.2) is 0 Å². The van der Waals surface area contributed by atoms with Crippen molar-refractivity contribution in [1.29, 1.82) is 0 Å². The van der Waals surface area contributed by atoms with Gasteiger partial charge < -0.3 is 5.73 Å². The summed E-state index contributed by atoms with van der Waals surface area (Å²) in [5.41, 5.74) is 11.4. The van der Waals surface area contributed by atoms with Gasteiger partial charge in [-0.15, -0.1) is 0 Å². The Balaban J connectivity index is 1.81. The number of nitrogens with two attached hydrogens (primary N) is 1. The molecule has 0 amide bonds. The minimum Gasteiger partial charge on any atom is -0.330 e. The van der Waals surface area contributed by atoms with Gasteiger partial charge in [0.15, 0.2) is 0 Å². The molecule has 3 aromatic carbocycles. The molecule has 0 radical (unpaired) electrons. The molecule has 0 saturated carbocycles. The van der Waals surface area contributed by atoms with Gasteiger partial charge in [0.25, 0.3) is 0 Å². The van der Waals surface area contributed by atoms with Gasteiger partial charge in [-0.3, -0.25) is 0 Å². The van der Waals surface area contributed by atoms with Gasteiger partial charge in [0, 0.05) is 11.1 Å². The van der Waals surface area contributed by atoms with Crippen LogP contribution in [-0.4, -0.2) is 6.54 Å². The molecule has 1 nitrogen and oxygen atoms in total. The summed E-state index contributed by atoms with van der Waals surface area (Å²) < 4.78 is 0. The van der Waals surface area contributed by atoms with Crippen LogP contribution in [0.3, 0.4) is 0 Å². The molecular weight excluding hydrogens is 290 g/mol. The third kappa shape index (κ3) is 4.35. The van der Waals surface area contributed by atoms with Crippen LogP contribution in [0.15, 0.2) is 78.9 Å². The van der Waals surface area contributed by atoms with Crippen molar-refractivity contribution in [3.05, 3.63) is 95.6 Å². The van der Waals surface area contributed by atoms with Crippen LogP contribution in [0.5, 0.6) is 0 Å². The summed E-state index contributed by atoms with van der Waals surface area (Å²) in [6, 6.07) is 27.2. The lowest BCUT2D eigenvalue weighted by atomic mass is 10.0. The third-order valence-corrected chi connectivity index (χ3v) is 3.92. The van der Waals surface area contributed by atoms with E-state index >= 15 is 0 Å². The van der Waals surface area contributed by atoms with Crippen LogP contribution in [0.4, 0.5) is 0 Å². The highest BCUT2D eigenvalue weighted by molar-refractivity contribution is 5.65. The predicted octanol–water partition coefficient (Wildman–Crippen LogP) is 4.64. The summed E-state index contributed by atoms with van der Waals surface area (Å²) in [6.07, 6.45) is 2.02. The maximum Gasteiger partial charge on any atom is 0.0255 e. The van der Waals surface area contributed by atoms with Crippen LogP contribution < -0.4 is 5.73 Å². The van der Waals surface area contributed by atoms with E-state index in [0.717, 1.165) is 30.5 Å². The van der Waals surface area contributed by atoms with Gasteiger partial charge in [0.1, 0.15) is 0 Å². The topological polar surface area (TPSA) is 26.0 Å². The molecule has 24 heavy (non-hydrogen) atoms. The highest BCUT2D eigenvalue weighted by Crippen LogP contribution is 2.19. The van der Waals surface area contributed by atoms with E-state index in [1.165, 1.54) is 16.7 Å². The standard InChI is InChI=1S/C23H21N/c24-16-6-10-19-7-4-8-20(17-19)14-15-21-9-5-13-23(18-21)22-11-2-1-3-12-22/h1-5,7-9,11-13,17-18H,6,10,16,24H2. The van der Waals surface area contributed by atoms with Gasteiger partial charge in [-0.2, -0.15) is 0 Å². The molecule has 0 fully saturated rings. The number of hydrogen-bond donors (Lipinski definition) is 1. The summed E-state index contributed by atoms with van der Waals surface area (Å²) in [6.45, 7) is 0.724. The highest BCUT2D eigenvalue weighted by Gasteiger charge is 1.97. The molecule has 0 heterocycles. The molecule has 1 heteroatoms. The molecule has 3 aromatic rings. The maximum atomic E-state index is 5.58. The Morgan fingerprint density at radius 2 is 1.33 bits per heavy atom. The lowest BCUT2D eigenvalue weighted by molar-refractivity contribution is 0.832. The second kappa shape index (κ2) is 8.15. The normalized spacial score (nSPS) is 10.0. The first-order chi connectivity index (χ1) is 11.8. The summed E-state index contributed by atoms with van der Waals surface area (Å²) in [7, 11) is 0. The van der Waals surface area contributed by atoms with E-state index in [-0.39, 0.29) is 0 Å². The van der Waals surface area contributed by atoms with E-state index in [9.17, 15) is 0 Å². The van der Waals surface area contributed by atoms with Gasteiger partial charge in [-0.1, -0.05) is 66.4 Å². The van der Waals surface area contributed by atoms with Gasteiger partial charge in [0.2, 0.25) is 0 Å². The van der Waals surface area contributed by atoms with Crippen LogP contribution in [0.2, 0.25) is 0 Å². The van der Waals surface area contributed by atoms with Gasteiger partial charge in [-0.05, 0) is 60.3 Å². The first kappa shape index (κ1) is 16.1. The second-order valence-corrected chi connectivity index (χ2v) is 5.79. The molecular formula is C23H21N. The zero-order chi connectivity index (χ0) is 16.6. The molecule has 0 unspecified atom stereocenters. The minimum absolute atomic E-state index is 0.724. The second-order valence-electron chi connectivity index (χ2n) is 5.79. The Hall–Kier alpha value is -2.82. The molecule has 0 saturated heterocycles. The van der Waals surface area contributed by atoms with Crippen molar-refractivity contribution in [2.24, 2.45) is 5.73 Å². The SMILES string of the molecule is NCCCc1cccc(C#Cc2cccc(-c3ccccc3)c2)c1. The molecule has 0 spiro atoms. The molecule has 0 aliphatic carbocycles. The maximum absolute atomic E-state index is 5.58. The van der Waals surface area contributed by atoms with Crippen molar-refractivity contribution in [1.82, 2.24) is 0 Å². The van der Waals surface area contributed by atoms with E-state index < -0.39 is 0 Å². The molecule has 0 aromatic heterocycles. The van der Waals surface area contributed by atoms with Crippen molar-refractivity contribution < 1.29 is 0 Å².